The third kappa shape index (κ3) is 6.06. The van der Waals surface area contributed by atoms with E-state index in [1.54, 1.807) is 12.3 Å². The Morgan fingerprint density at radius 2 is 2.09 bits per heavy atom. The first-order valence-electron chi connectivity index (χ1n) is 9.43. The smallest absolute Gasteiger partial charge is 0.340 e. The molecule has 0 bridgehead atoms. The third-order valence-corrected chi connectivity index (χ3v) is 4.61. The Kier molecular flexibility index (Phi) is 7.66. The average molecular weight is 492 g/mol. The van der Waals surface area contributed by atoms with Gasteiger partial charge < -0.3 is 20.3 Å². The number of rotatable bonds is 10. The molecule has 0 fully saturated rings. The zero-order chi connectivity index (χ0) is 24.2. The Labute approximate surface area is 189 Å². The molecule has 0 saturated heterocycles. The van der Waals surface area contributed by atoms with E-state index in [4.69, 9.17) is 16.7 Å². The van der Waals surface area contributed by atoms with Crippen LogP contribution >= 0.6 is 11.6 Å². The van der Waals surface area contributed by atoms with E-state index in [9.17, 15) is 27.5 Å². The van der Waals surface area contributed by atoms with Gasteiger partial charge >= 0.3 is 12.3 Å². The Bertz CT molecular complexity index is 1130. The second kappa shape index (κ2) is 10.3. The van der Waals surface area contributed by atoms with E-state index in [0.717, 1.165) is 0 Å². The first-order chi connectivity index (χ1) is 15.6. The summed E-state index contributed by atoms with van der Waals surface area (Å²) in [5, 5.41) is 25.3. The molecule has 33 heavy (non-hydrogen) atoms. The van der Waals surface area contributed by atoms with Gasteiger partial charge in [-0.25, -0.2) is 13.8 Å². The Morgan fingerprint density at radius 3 is 2.76 bits per heavy atom. The van der Waals surface area contributed by atoms with Gasteiger partial charge in [-0.2, -0.15) is 13.9 Å². The minimum absolute atomic E-state index is 0.0590. The van der Waals surface area contributed by atoms with Crippen LogP contribution in [-0.2, 0) is 6.54 Å². The molecular formula is C19H18ClF4N5O4. The zero-order valence-electron chi connectivity index (χ0n) is 16.8. The van der Waals surface area contributed by atoms with Gasteiger partial charge in [-0.05, 0) is 17.7 Å². The van der Waals surface area contributed by atoms with Gasteiger partial charge in [-0.1, -0.05) is 11.6 Å². The molecule has 0 aliphatic heterocycles. The highest BCUT2D eigenvalue weighted by molar-refractivity contribution is 6.31. The lowest BCUT2D eigenvalue weighted by molar-refractivity contribution is -0.148. The molecule has 3 heterocycles. The third-order valence-electron chi connectivity index (χ3n) is 4.33. The second-order valence-electron chi connectivity index (χ2n) is 6.95. The lowest BCUT2D eigenvalue weighted by Crippen LogP contribution is -2.34. The van der Waals surface area contributed by atoms with Crippen molar-refractivity contribution in [3.05, 3.63) is 47.0 Å². The lowest BCUT2D eigenvalue weighted by atomic mass is 10.2. The van der Waals surface area contributed by atoms with Gasteiger partial charge in [0.1, 0.15) is 10.7 Å². The van der Waals surface area contributed by atoms with Crippen molar-refractivity contribution in [2.24, 2.45) is 0 Å². The maximum atomic E-state index is 13.0. The molecule has 1 atom stereocenters. The molecule has 0 aromatic carbocycles. The van der Waals surface area contributed by atoms with Crippen molar-refractivity contribution in [3.8, 4) is 5.88 Å². The standard InChI is InChI=1S/C19H18ClF4N5O4/c20-13-3-10(4-27-17(13)33-9-19(23,24)18(21)22)6-29-7-12-14(28-29)1-2-25-15(12)16(32)26-5-11(31)8-30/h1-4,7,11,18,30-31H,5-6,8-9H2,(H,26,32)/t11-/m0/s1. The SMILES string of the molecule is O=C(NC[C@H](O)CO)c1nccc2nn(Cc3cnc(OCC(F)(F)C(F)F)c(Cl)c3)cc12. The summed E-state index contributed by atoms with van der Waals surface area (Å²) in [6.45, 7) is -2.12. The molecule has 3 aromatic rings. The summed E-state index contributed by atoms with van der Waals surface area (Å²) in [5.41, 5.74) is 1.00. The van der Waals surface area contributed by atoms with E-state index >= 15 is 0 Å². The van der Waals surface area contributed by atoms with Gasteiger partial charge in [0.05, 0.1) is 30.2 Å². The molecule has 0 saturated carbocycles. The van der Waals surface area contributed by atoms with Crippen molar-refractivity contribution in [2.45, 2.75) is 25.0 Å². The molecule has 14 heteroatoms. The van der Waals surface area contributed by atoms with E-state index < -0.39 is 43.5 Å². The van der Waals surface area contributed by atoms with Gasteiger partial charge in [-0.3, -0.25) is 14.5 Å². The molecule has 0 spiro atoms. The van der Waals surface area contributed by atoms with Crippen LogP contribution in [0, 0.1) is 0 Å². The number of aliphatic hydroxyl groups is 2. The number of alkyl halides is 4. The highest BCUT2D eigenvalue weighted by Gasteiger charge is 2.42. The number of carbonyl (C=O) groups excluding carboxylic acids is 1. The number of pyridine rings is 2. The predicted molar refractivity (Wildman–Crippen MR) is 108 cm³/mol. The Balaban J connectivity index is 1.73. The Hall–Kier alpha value is -3.03. The number of aromatic nitrogens is 4. The van der Waals surface area contributed by atoms with Crippen molar-refractivity contribution >= 4 is 28.4 Å². The van der Waals surface area contributed by atoms with Crippen molar-refractivity contribution in [2.75, 3.05) is 19.8 Å². The number of carbonyl (C=O) groups is 1. The lowest BCUT2D eigenvalue weighted by Gasteiger charge is -2.16. The van der Waals surface area contributed by atoms with E-state index in [0.29, 0.717) is 16.5 Å². The molecule has 0 aliphatic carbocycles. The largest absolute Gasteiger partial charge is 0.470 e. The van der Waals surface area contributed by atoms with E-state index in [1.165, 1.54) is 23.1 Å². The summed E-state index contributed by atoms with van der Waals surface area (Å²) in [5.74, 6) is -5.33. The number of aliphatic hydroxyl groups excluding tert-OH is 2. The second-order valence-corrected chi connectivity index (χ2v) is 7.35. The van der Waals surface area contributed by atoms with Crippen molar-refractivity contribution in [1.29, 1.82) is 0 Å². The minimum atomic E-state index is -4.34. The molecular weight excluding hydrogens is 474 g/mol. The maximum Gasteiger partial charge on any atom is 0.340 e. The fourth-order valence-corrected chi connectivity index (χ4v) is 2.93. The van der Waals surface area contributed by atoms with Gasteiger partial charge in [0.15, 0.2) is 6.61 Å². The van der Waals surface area contributed by atoms with Crippen molar-refractivity contribution < 1.29 is 37.3 Å². The molecule has 3 aromatic heterocycles. The summed E-state index contributed by atoms with van der Waals surface area (Å²) in [4.78, 5) is 20.2. The van der Waals surface area contributed by atoms with Crippen LogP contribution < -0.4 is 10.1 Å². The molecule has 3 rings (SSSR count). The average Bonchev–Trinajstić information content (AvgIpc) is 3.18. The highest BCUT2D eigenvalue weighted by atomic mass is 35.5. The fourth-order valence-electron chi connectivity index (χ4n) is 2.69. The number of nitrogens with one attached hydrogen (secondary N) is 1. The van der Waals surface area contributed by atoms with E-state index in [2.05, 4.69) is 25.1 Å². The topological polar surface area (TPSA) is 122 Å². The molecule has 178 valence electrons. The normalized spacial score (nSPS) is 12.8. The van der Waals surface area contributed by atoms with Gasteiger partial charge in [0.2, 0.25) is 5.88 Å². The van der Waals surface area contributed by atoms with Crippen LogP contribution in [0.5, 0.6) is 5.88 Å². The first-order valence-corrected chi connectivity index (χ1v) is 9.81. The van der Waals surface area contributed by atoms with Crippen LogP contribution in [0.1, 0.15) is 16.1 Å². The quantitative estimate of drug-likeness (QED) is 0.370. The number of fused-ring (bicyclic) bond motifs is 1. The molecule has 9 nitrogen and oxygen atoms in total. The molecule has 3 N–H and O–H groups in total. The summed E-state index contributed by atoms with van der Waals surface area (Å²) < 4.78 is 56.6. The van der Waals surface area contributed by atoms with Crippen LogP contribution in [0.4, 0.5) is 17.6 Å². The molecule has 0 aliphatic rings. The van der Waals surface area contributed by atoms with Gasteiger partial charge in [-0.15, -0.1) is 0 Å². The maximum absolute atomic E-state index is 13.0. The van der Waals surface area contributed by atoms with Crippen molar-refractivity contribution in [1.82, 2.24) is 25.1 Å². The summed E-state index contributed by atoms with van der Waals surface area (Å²) in [6, 6.07) is 2.94. The summed E-state index contributed by atoms with van der Waals surface area (Å²) in [6.07, 6.45) is -0.804. The number of amides is 1. The summed E-state index contributed by atoms with van der Waals surface area (Å²) >= 11 is 5.97. The molecule has 0 unspecified atom stereocenters. The Morgan fingerprint density at radius 1 is 1.33 bits per heavy atom. The fraction of sp³-hybridized carbons (Fsp3) is 0.368. The highest BCUT2D eigenvalue weighted by Crippen LogP contribution is 2.28. The van der Waals surface area contributed by atoms with Crippen LogP contribution in [0.2, 0.25) is 5.02 Å². The zero-order valence-corrected chi connectivity index (χ0v) is 17.5. The van der Waals surface area contributed by atoms with Crippen LogP contribution in [0.25, 0.3) is 10.9 Å². The predicted octanol–water partition coefficient (Wildman–Crippen LogP) is 1.89. The van der Waals surface area contributed by atoms with Gasteiger partial charge in [0.25, 0.3) is 5.91 Å². The monoisotopic (exact) mass is 491 g/mol. The van der Waals surface area contributed by atoms with Crippen LogP contribution in [-0.4, -0.2) is 74.1 Å². The van der Waals surface area contributed by atoms with Crippen LogP contribution in [0.3, 0.4) is 0 Å². The molecule has 1 amide bonds. The number of nitrogens with zero attached hydrogens (tertiary/aromatic N) is 4. The van der Waals surface area contributed by atoms with Gasteiger partial charge in [0, 0.05) is 25.1 Å². The van der Waals surface area contributed by atoms with E-state index in [-0.39, 0.29) is 23.8 Å². The van der Waals surface area contributed by atoms with E-state index in [1.807, 2.05) is 0 Å². The first kappa shape index (κ1) is 24.6. The number of ether oxygens (including phenoxy) is 1. The summed E-state index contributed by atoms with van der Waals surface area (Å²) in [7, 11) is 0. The molecule has 0 radical (unpaired) electrons. The van der Waals surface area contributed by atoms with Crippen molar-refractivity contribution in [3.63, 3.8) is 0 Å². The van der Waals surface area contributed by atoms with Crippen LogP contribution in [0.15, 0.2) is 30.7 Å². The number of halogens is 5. The number of hydrogen-bond donors (Lipinski definition) is 3. The minimum Gasteiger partial charge on any atom is -0.470 e. The number of hydrogen-bond acceptors (Lipinski definition) is 7.